The molecule has 0 bridgehead atoms. The van der Waals surface area contributed by atoms with Gasteiger partial charge in [0.2, 0.25) is 0 Å². The number of hydrogen-bond acceptors (Lipinski definition) is 4. The minimum atomic E-state index is 0.493. The van der Waals surface area contributed by atoms with Gasteiger partial charge in [0.25, 0.3) is 0 Å². The normalized spacial score (nSPS) is 11.1. The van der Waals surface area contributed by atoms with Crippen molar-refractivity contribution in [2.45, 2.75) is 13.0 Å². The van der Waals surface area contributed by atoms with E-state index in [9.17, 15) is 0 Å². The van der Waals surface area contributed by atoms with Crippen molar-refractivity contribution in [2.24, 2.45) is 5.73 Å². The molecule has 0 aliphatic heterocycles. The first-order valence-corrected chi connectivity index (χ1v) is 6.31. The zero-order chi connectivity index (χ0) is 11.7. The summed E-state index contributed by atoms with van der Waals surface area (Å²) in [6.07, 6.45) is 0.801. The fraction of sp³-hybridized carbons (Fsp3) is 0.167. The van der Waals surface area contributed by atoms with Gasteiger partial charge >= 0.3 is 0 Å². The van der Waals surface area contributed by atoms with E-state index in [2.05, 4.69) is 21.6 Å². The molecule has 0 saturated heterocycles. The van der Waals surface area contributed by atoms with Crippen LogP contribution < -0.4 is 5.73 Å². The molecule has 0 unspecified atom stereocenters. The molecule has 3 rings (SSSR count). The largest absolute Gasteiger partial charge is 0.325 e. The Hall–Kier alpha value is -1.72. The Morgan fingerprint density at radius 3 is 2.88 bits per heavy atom. The summed E-state index contributed by atoms with van der Waals surface area (Å²) in [5, 5.41) is 10.5. The van der Waals surface area contributed by atoms with E-state index in [4.69, 9.17) is 5.73 Å². The summed E-state index contributed by atoms with van der Waals surface area (Å²) < 4.78 is 2.04. The second kappa shape index (κ2) is 4.27. The summed E-state index contributed by atoms with van der Waals surface area (Å²) in [4.78, 5) is 1.28. The van der Waals surface area contributed by atoms with Gasteiger partial charge in [-0.15, -0.1) is 21.5 Å². The predicted molar refractivity (Wildman–Crippen MR) is 68.0 cm³/mol. The lowest BCUT2D eigenvalue weighted by Gasteiger charge is -2.04. The molecule has 17 heavy (non-hydrogen) atoms. The van der Waals surface area contributed by atoms with Crippen LogP contribution in [0.5, 0.6) is 0 Å². The van der Waals surface area contributed by atoms with Crippen LogP contribution in [0.15, 0.2) is 35.7 Å². The van der Waals surface area contributed by atoms with Crippen LogP contribution in [-0.2, 0) is 13.0 Å². The number of hydrogen-bond donors (Lipinski definition) is 1. The molecule has 0 saturated carbocycles. The second-order valence-corrected chi connectivity index (χ2v) is 4.82. The third-order valence-electron chi connectivity index (χ3n) is 2.70. The van der Waals surface area contributed by atoms with Gasteiger partial charge < -0.3 is 5.73 Å². The molecule has 86 valence electrons. The van der Waals surface area contributed by atoms with Crippen molar-refractivity contribution >= 4 is 17.0 Å². The predicted octanol–water partition coefficient (Wildman–Crippen LogP) is 1.84. The molecule has 3 heterocycles. The summed E-state index contributed by atoms with van der Waals surface area (Å²) in [7, 11) is 0. The number of nitrogens with two attached hydrogens (primary N) is 1. The molecule has 0 aliphatic rings. The number of rotatable bonds is 3. The van der Waals surface area contributed by atoms with Gasteiger partial charge in [-0.05, 0) is 23.6 Å². The maximum atomic E-state index is 5.74. The van der Waals surface area contributed by atoms with E-state index in [0.717, 1.165) is 23.6 Å². The molecule has 3 aromatic rings. The third kappa shape index (κ3) is 1.83. The lowest BCUT2D eigenvalue weighted by molar-refractivity contribution is 0.876. The maximum Gasteiger partial charge on any atom is 0.161 e. The Labute approximate surface area is 103 Å². The van der Waals surface area contributed by atoms with Gasteiger partial charge in [0.1, 0.15) is 5.82 Å². The Bertz CT molecular complexity index is 627. The van der Waals surface area contributed by atoms with Crippen LogP contribution in [0.1, 0.15) is 16.4 Å². The SMILES string of the molecule is NCc1cccc2nnc(Cc3cccs3)n12. The summed E-state index contributed by atoms with van der Waals surface area (Å²) in [6, 6.07) is 10.1. The number of fused-ring (bicyclic) bond motifs is 1. The van der Waals surface area contributed by atoms with Gasteiger partial charge in [-0.3, -0.25) is 4.40 Å². The molecule has 0 amide bonds. The number of nitrogens with zero attached hydrogens (tertiary/aromatic N) is 3. The number of pyridine rings is 1. The first-order valence-electron chi connectivity index (χ1n) is 5.43. The van der Waals surface area contributed by atoms with Crippen molar-refractivity contribution in [1.82, 2.24) is 14.6 Å². The van der Waals surface area contributed by atoms with Crippen molar-refractivity contribution in [2.75, 3.05) is 0 Å². The molecular weight excluding hydrogens is 232 g/mol. The molecular formula is C12H12N4S. The Morgan fingerprint density at radius 2 is 2.12 bits per heavy atom. The Morgan fingerprint density at radius 1 is 1.18 bits per heavy atom. The molecule has 2 N–H and O–H groups in total. The standard InChI is InChI=1S/C12H12N4S/c13-8-9-3-1-5-11-14-15-12(16(9)11)7-10-4-2-6-17-10/h1-6H,7-8,13H2. The highest BCUT2D eigenvalue weighted by atomic mass is 32.1. The maximum absolute atomic E-state index is 5.74. The lowest BCUT2D eigenvalue weighted by atomic mass is 10.3. The summed E-state index contributed by atoms with van der Waals surface area (Å²) >= 11 is 1.73. The minimum absolute atomic E-state index is 0.493. The van der Waals surface area contributed by atoms with Gasteiger partial charge in [-0.25, -0.2) is 0 Å². The molecule has 0 aliphatic carbocycles. The van der Waals surface area contributed by atoms with Crippen molar-refractivity contribution in [3.63, 3.8) is 0 Å². The molecule has 0 spiro atoms. The van der Waals surface area contributed by atoms with Crippen molar-refractivity contribution in [3.05, 3.63) is 52.1 Å². The van der Waals surface area contributed by atoms with Crippen molar-refractivity contribution in [3.8, 4) is 0 Å². The number of thiophene rings is 1. The van der Waals surface area contributed by atoms with E-state index in [0.29, 0.717) is 6.54 Å². The van der Waals surface area contributed by atoms with E-state index in [1.807, 2.05) is 28.7 Å². The van der Waals surface area contributed by atoms with Gasteiger partial charge in [-0.1, -0.05) is 12.1 Å². The quantitative estimate of drug-likeness (QED) is 0.765. The zero-order valence-corrected chi connectivity index (χ0v) is 10.0. The fourth-order valence-corrected chi connectivity index (χ4v) is 2.62. The first-order chi connectivity index (χ1) is 8.38. The molecule has 0 atom stereocenters. The lowest BCUT2D eigenvalue weighted by Crippen LogP contribution is -2.06. The fourth-order valence-electron chi connectivity index (χ4n) is 1.91. The average Bonchev–Trinajstić information content (AvgIpc) is 2.99. The van der Waals surface area contributed by atoms with Gasteiger partial charge in [-0.2, -0.15) is 0 Å². The van der Waals surface area contributed by atoms with Crippen LogP contribution in [-0.4, -0.2) is 14.6 Å². The van der Waals surface area contributed by atoms with Crippen LogP contribution in [0.3, 0.4) is 0 Å². The average molecular weight is 244 g/mol. The van der Waals surface area contributed by atoms with E-state index < -0.39 is 0 Å². The highest BCUT2D eigenvalue weighted by Crippen LogP contribution is 2.15. The molecule has 0 radical (unpaired) electrons. The Balaban J connectivity index is 2.10. The monoisotopic (exact) mass is 244 g/mol. The van der Waals surface area contributed by atoms with Crippen LogP contribution in [0.4, 0.5) is 0 Å². The summed E-state index contributed by atoms with van der Waals surface area (Å²) in [6.45, 7) is 0.493. The van der Waals surface area contributed by atoms with Gasteiger partial charge in [0.05, 0.1) is 0 Å². The molecule has 3 aromatic heterocycles. The van der Waals surface area contributed by atoms with Gasteiger partial charge in [0.15, 0.2) is 5.65 Å². The third-order valence-corrected chi connectivity index (χ3v) is 3.57. The summed E-state index contributed by atoms with van der Waals surface area (Å²) in [5.74, 6) is 0.948. The smallest absolute Gasteiger partial charge is 0.161 e. The highest BCUT2D eigenvalue weighted by molar-refractivity contribution is 7.09. The van der Waals surface area contributed by atoms with Crippen LogP contribution in [0, 0.1) is 0 Å². The van der Waals surface area contributed by atoms with Crippen LogP contribution >= 0.6 is 11.3 Å². The minimum Gasteiger partial charge on any atom is -0.325 e. The van der Waals surface area contributed by atoms with Crippen molar-refractivity contribution < 1.29 is 0 Å². The first kappa shape index (κ1) is 10.4. The van der Waals surface area contributed by atoms with Crippen LogP contribution in [0.25, 0.3) is 5.65 Å². The summed E-state index contributed by atoms with van der Waals surface area (Å²) in [5.41, 5.74) is 7.65. The Kier molecular flexibility index (Phi) is 2.62. The zero-order valence-electron chi connectivity index (χ0n) is 9.21. The highest BCUT2D eigenvalue weighted by Gasteiger charge is 2.09. The molecule has 5 heteroatoms. The number of aromatic nitrogens is 3. The topological polar surface area (TPSA) is 56.2 Å². The van der Waals surface area contributed by atoms with E-state index >= 15 is 0 Å². The second-order valence-electron chi connectivity index (χ2n) is 3.79. The van der Waals surface area contributed by atoms with E-state index in [-0.39, 0.29) is 0 Å². The molecule has 0 fully saturated rings. The van der Waals surface area contributed by atoms with Crippen molar-refractivity contribution in [1.29, 1.82) is 0 Å². The van der Waals surface area contributed by atoms with Gasteiger partial charge in [0, 0.05) is 23.5 Å². The van der Waals surface area contributed by atoms with E-state index in [1.54, 1.807) is 11.3 Å². The molecule has 0 aromatic carbocycles. The van der Waals surface area contributed by atoms with Crippen LogP contribution in [0.2, 0.25) is 0 Å². The van der Waals surface area contributed by atoms with E-state index in [1.165, 1.54) is 4.88 Å². The molecule has 4 nitrogen and oxygen atoms in total.